The summed E-state index contributed by atoms with van der Waals surface area (Å²) >= 11 is 0. The highest BCUT2D eigenvalue weighted by molar-refractivity contribution is 5.17. The molecule has 0 fully saturated rings. The summed E-state index contributed by atoms with van der Waals surface area (Å²) < 4.78 is 0. The van der Waals surface area contributed by atoms with Gasteiger partial charge in [0, 0.05) is 0 Å². The van der Waals surface area contributed by atoms with Crippen LogP contribution in [0.5, 0.6) is 0 Å². The fourth-order valence-electron chi connectivity index (χ4n) is 2.40. The first-order valence-electron chi connectivity index (χ1n) is 5.33. The highest BCUT2D eigenvalue weighted by atomic mass is 14.4. The molecule has 12 heavy (non-hydrogen) atoms. The minimum atomic E-state index is 0.514. The van der Waals surface area contributed by atoms with Crippen LogP contribution in [0.3, 0.4) is 0 Å². The van der Waals surface area contributed by atoms with Gasteiger partial charge >= 0.3 is 0 Å². The predicted octanol–water partition coefficient (Wildman–Crippen LogP) is 4.17. The highest BCUT2D eigenvalue weighted by Gasteiger charge is 2.33. The molecule has 0 aliphatic heterocycles. The largest absolute Gasteiger partial charge is 0.0791 e. The van der Waals surface area contributed by atoms with E-state index in [1.54, 1.807) is 5.57 Å². The van der Waals surface area contributed by atoms with Crippen LogP contribution in [0.15, 0.2) is 11.6 Å². The van der Waals surface area contributed by atoms with Crippen LogP contribution < -0.4 is 0 Å². The Hall–Kier alpha value is -0.260. The second kappa shape index (κ2) is 3.64. The van der Waals surface area contributed by atoms with E-state index in [0.717, 1.165) is 5.92 Å². The average Bonchev–Trinajstić information content (AvgIpc) is 2.29. The Morgan fingerprint density at radius 1 is 1.50 bits per heavy atom. The number of hydrogen-bond donors (Lipinski definition) is 0. The van der Waals surface area contributed by atoms with E-state index in [0.29, 0.717) is 5.41 Å². The van der Waals surface area contributed by atoms with Gasteiger partial charge in [0.25, 0.3) is 0 Å². The minimum Gasteiger partial charge on any atom is -0.0791 e. The van der Waals surface area contributed by atoms with Crippen LogP contribution >= 0.6 is 0 Å². The van der Waals surface area contributed by atoms with Gasteiger partial charge in [-0.25, -0.2) is 0 Å². The van der Waals surface area contributed by atoms with Crippen molar-refractivity contribution in [3.05, 3.63) is 11.6 Å². The summed E-state index contributed by atoms with van der Waals surface area (Å²) in [4.78, 5) is 0. The lowest BCUT2D eigenvalue weighted by atomic mass is 9.78. The van der Waals surface area contributed by atoms with Crippen molar-refractivity contribution >= 4 is 0 Å². The molecule has 0 aromatic heterocycles. The van der Waals surface area contributed by atoms with Gasteiger partial charge in [-0.15, -0.1) is 0 Å². The summed E-state index contributed by atoms with van der Waals surface area (Å²) in [5, 5.41) is 0. The van der Waals surface area contributed by atoms with Crippen LogP contribution in [-0.2, 0) is 0 Å². The Bertz CT molecular complexity index is 178. The van der Waals surface area contributed by atoms with E-state index in [2.05, 4.69) is 33.8 Å². The van der Waals surface area contributed by atoms with Crippen LogP contribution in [0.4, 0.5) is 0 Å². The second-order valence-corrected chi connectivity index (χ2v) is 4.52. The summed E-state index contributed by atoms with van der Waals surface area (Å²) in [6.45, 7) is 9.38. The van der Waals surface area contributed by atoms with E-state index in [1.807, 2.05) is 0 Å². The third-order valence-electron chi connectivity index (χ3n) is 3.47. The van der Waals surface area contributed by atoms with Gasteiger partial charge in [-0.1, -0.05) is 45.8 Å². The van der Waals surface area contributed by atoms with Crippen LogP contribution in [0.1, 0.15) is 53.4 Å². The van der Waals surface area contributed by atoms with E-state index in [1.165, 1.54) is 25.7 Å². The summed E-state index contributed by atoms with van der Waals surface area (Å²) in [5.41, 5.74) is 2.19. The Labute approximate surface area is 77.1 Å². The third kappa shape index (κ3) is 1.73. The second-order valence-electron chi connectivity index (χ2n) is 4.52. The topological polar surface area (TPSA) is 0 Å². The van der Waals surface area contributed by atoms with Crippen molar-refractivity contribution in [1.29, 1.82) is 0 Å². The first kappa shape index (κ1) is 9.83. The van der Waals surface area contributed by atoms with Crippen molar-refractivity contribution in [2.75, 3.05) is 0 Å². The molecule has 0 radical (unpaired) electrons. The summed E-state index contributed by atoms with van der Waals surface area (Å²) in [6, 6.07) is 0. The molecule has 1 aliphatic rings. The number of hydrogen-bond acceptors (Lipinski definition) is 0. The zero-order chi connectivity index (χ0) is 9.19. The fraction of sp³-hybridized carbons (Fsp3) is 0.833. The van der Waals surface area contributed by atoms with Gasteiger partial charge in [-0.2, -0.15) is 0 Å². The van der Waals surface area contributed by atoms with E-state index in [4.69, 9.17) is 0 Å². The molecule has 70 valence electrons. The molecule has 1 aliphatic carbocycles. The standard InChI is InChI=1S/C12H22/c1-5-7-12(4)9-11(6-2)8-10(12)3/h9-10H,5-8H2,1-4H3. The van der Waals surface area contributed by atoms with Gasteiger partial charge in [-0.3, -0.25) is 0 Å². The van der Waals surface area contributed by atoms with Gasteiger partial charge in [0.05, 0.1) is 0 Å². The maximum Gasteiger partial charge on any atom is -0.0115 e. The Morgan fingerprint density at radius 2 is 2.17 bits per heavy atom. The molecule has 0 N–H and O–H groups in total. The third-order valence-corrected chi connectivity index (χ3v) is 3.47. The highest BCUT2D eigenvalue weighted by Crippen LogP contribution is 2.44. The molecule has 2 unspecified atom stereocenters. The zero-order valence-electron chi connectivity index (χ0n) is 8.98. The van der Waals surface area contributed by atoms with Gasteiger partial charge in [0.15, 0.2) is 0 Å². The molecular formula is C12H22. The van der Waals surface area contributed by atoms with Crippen LogP contribution in [0.25, 0.3) is 0 Å². The first-order chi connectivity index (χ1) is 5.62. The van der Waals surface area contributed by atoms with Crippen molar-refractivity contribution in [1.82, 2.24) is 0 Å². The average molecular weight is 166 g/mol. The number of rotatable bonds is 3. The van der Waals surface area contributed by atoms with E-state index >= 15 is 0 Å². The molecule has 2 atom stereocenters. The van der Waals surface area contributed by atoms with Gasteiger partial charge in [0.1, 0.15) is 0 Å². The van der Waals surface area contributed by atoms with Gasteiger partial charge in [0.2, 0.25) is 0 Å². The lowest BCUT2D eigenvalue weighted by Crippen LogP contribution is -2.18. The SMILES string of the molecule is CCCC1(C)C=C(CC)CC1C. The quantitative estimate of drug-likeness (QED) is 0.552. The van der Waals surface area contributed by atoms with Crippen molar-refractivity contribution in [2.45, 2.75) is 53.4 Å². The molecule has 0 aromatic rings. The van der Waals surface area contributed by atoms with Crippen molar-refractivity contribution < 1.29 is 0 Å². The molecular weight excluding hydrogens is 144 g/mol. The van der Waals surface area contributed by atoms with Gasteiger partial charge < -0.3 is 0 Å². The molecule has 0 bridgehead atoms. The van der Waals surface area contributed by atoms with Crippen LogP contribution in [0, 0.1) is 11.3 Å². The Morgan fingerprint density at radius 3 is 2.58 bits per heavy atom. The van der Waals surface area contributed by atoms with Crippen molar-refractivity contribution in [2.24, 2.45) is 11.3 Å². The summed E-state index contributed by atoms with van der Waals surface area (Å²) in [5.74, 6) is 0.868. The Kier molecular flexibility index (Phi) is 2.98. The van der Waals surface area contributed by atoms with Crippen molar-refractivity contribution in [3.8, 4) is 0 Å². The molecule has 0 saturated carbocycles. The molecule has 1 rings (SSSR count). The van der Waals surface area contributed by atoms with Gasteiger partial charge in [-0.05, 0) is 30.6 Å². The lowest BCUT2D eigenvalue weighted by molar-refractivity contribution is 0.275. The molecule has 0 aromatic carbocycles. The molecule has 0 amide bonds. The molecule has 0 saturated heterocycles. The molecule has 0 nitrogen and oxygen atoms in total. The van der Waals surface area contributed by atoms with E-state index in [-0.39, 0.29) is 0 Å². The van der Waals surface area contributed by atoms with Crippen molar-refractivity contribution in [3.63, 3.8) is 0 Å². The molecule has 0 heterocycles. The van der Waals surface area contributed by atoms with Crippen LogP contribution in [0.2, 0.25) is 0 Å². The lowest BCUT2D eigenvalue weighted by Gasteiger charge is -2.27. The fourth-order valence-corrected chi connectivity index (χ4v) is 2.40. The summed E-state index contributed by atoms with van der Waals surface area (Å²) in [6.07, 6.45) is 7.81. The van der Waals surface area contributed by atoms with Crippen LogP contribution in [-0.4, -0.2) is 0 Å². The maximum absolute atomic E-state index is 2.54. The molecule has 0 heteroatoms. The summed E-state index contributed by atoms with van der Waals surface area (Å²) in [7, 11) is 0. The normalized spacial score (nSPS) is 35.3. The van der Waals surface area contributed by atoms with E-state index < -0.39 is 0 Å². The zero-order valence-corrected chi connectivity index (χ0v) is 8.98. The predicted molar refractivity (Wildman–Crippen MR) is 55.2 cm³/mol. The molecule has 0 spiro atoms. The Balaban J connectivity index is 2.69. The maximum atomic E-state index is 2.54. The minimum absolute atomic E-state index is 0.514. The smallest absolute Gasteiger partial charge is 0.0115 e. The monoisotopic (exact) mass is 166 g/mol. The number of allylic oxidation sites excluding steroid dienone is 2. The van der Waals surface area contributed by atoms with E-state index in [9.17, 15) is 0 Å². The first-order valence-corrected chi connectivity index (χ1v) is 5.33.